The Kier molecular flexibility index (Phi) is 1.45. The lowest BCUT2D eigenvalue weighted by Crippen LogP contribution is -2.23. The molecule has 0 unspecified atom stereocenters. The molecule has 1 aliphatic rings. The Bertz CT molecular complexity index is 456. The number of thiazole rings is 1. The van der Waals surface area contributed by atoms with Gasteiger partial charge in [0, 0.05) is 24.4 Å². The number of aromatic nitrogens is 3. The molecule has 2 aromatic heterocycles. The number of hydrogen-bond acceptors (Lipinski definition) is 4. The molecule has 1 aliphatic heterocycles. The van der Waals surface area contributed by atoms with Gasteiger partial charge in [-0.1, -0.05) is 11.3 Å². The van der Waals surface area contributed by atoms with E-state index in [1.807, 2.05) is 11.4 Å². The minimum absolute atomic E-state index is 0.868. The average Bonchev–Trinajstić information content (AvgIpc) is 2.60. The van der Waals surface area contributed by atoms with E-state index in [0.717, 1.165) is 30.3 Å². The Morgan fingerprint density at radius 1 is 1.54 bits per heavy atom. The SMILES string of the molecule is Cc1nc2sc3c(n2n1)CCNC3. The van der Waals surface area contributed by atoms with Gasteiger partial charge in [0.15, 0.2) is 0 Å². The molecule has 0 aromatic carbocycles. The van der Waals surface area contributed by atoms with Crippen LogP contribution in [0.4, 0.5) is 0 Å². The predicted molar refractivity (Wildman–Crippen MR) is 51.0 cm³/mol. The summed E-state index contributed by atoms with van der Waals surface area (Å²) in [6.07, 6.45) is 1.07. The van der Waals surface area contributed by atoms with Crippen molar-refractivity contribution in [2.45, 2.75) is 19.9 Å². The van der Waals surface area contributed by atoms with Crippen molar-refractivity contribution >= 4 is 16.3 Å². The first-order chi connectivity index (χ1) is 6.34. The average molecular weight is 194 g/mol. The summed E-state index contributed by atoms with van der Waals surface area (Å²) in [7, 11) is 0. The van der Waals surface area contributed by atoms with Crippen LogP contribution < -0.4 is 5.32 Å². The third-order valence-electron chi connectivity index (χ3n) is 2.30. The van der Waals surface area contributed by atoms with Crippen molar-refractivity contribution in [3.05, 3.63) is 16.4 Å². The second-order valence-electron chi connectivity index (χ2n) is 3.25. The number of aryl methyl sites for hydroxylation is 1. The molecule has 0 atom stereocenters. The largest absolute Gasteiger partial charge is 0.311 e. The van der Waals surface area contributed by atoms with Crippen molar-refractivity contribution in [3.63, 3.8) is 0 Å². The molecule has 0 bridgehead atoms. The van der Waals surface area contributed by atoms with Gasteiger partial charge in [-0.15, -0.1) is 0 Å². The zero-order valence-corrected chi connectivity index (χ0v) is 8.19. The van der Waals surface area contributed by atoms with Crippen LogP contribution in [-0.2, 0) is 13.0 Å². The molecule has 0 fully saturated rings. The second-order valence-corrected chi connectivity index (χ2v) is 4.31. The summed E-state index contributed by atoms with van der Waals surface area (Å²) in [6.45, 7) is 3.97. The van der Waals surface area contributed by atoms with Gasteiger partial charge in [-0.3, -0.25) is 0 Å². The fraction of sp³-hybridized carbons (Fsp3) is 0.500. The first-order valence-corrected chi connectivity index (χ1v) is 5.21. The van der Waals surface area contributed by atoms with Gasteiger partial charge in [-0.05, 0) is 6.92 Å². The number of hydrogen-bond donors (Lipinski definition) is 1. The Balaban J connectivity index is 2.30. The van der Waals surface area contributed by atoms with Crippen LogP contribution in [0.2, 0.25) is 0 Å². The lowest BCUT2D eigenvalue weighted by atomic mass is 10.2. The maximum absolute atomic E-state index is 4.37. The molecule has 0 aliphatic carbocycles. The standard InChI is InChI=1S/C8H10N4S/c1-5-10-8-12(11-5)6-2-3-9-4-7(6)13-8/h9H,2-4H2,1H3. The lowest BCUT2D eigenvalue weighted by Gasteiger charge is -2.10. The van der Waals surface area contributed by atoms with E-state index in [4.69, 9.17) is 0 Å². The monoisotopic (exact) mass is 194 g/mol. The highest BCUT2D eigenvalue weighted by molar-refractivity contribution is 7.17. The molecular formula is C8H10N4S. The van der Waals surface area contributed by atoms with Gasteiger partial charge in [0.05, 0.1) is 5.69 Å². The first kappa shape index (κ1) is 7.46. The molecule has 0 radical (unpaired) electrons. The third kappa shape index (κ3) is 1.00. The first-order valence-electron chi connectivity index (χ1n) is 4.39. The van der Waals surface area contributed by atoms with Crippen LogP contribution in [0.1, 0.15) is 16.4 Å². The van der Waals surface area contributed by atoms with Crippen molar-refractivity contribution in [2.24, 2.45) is 0 Å². The quantitative estimate of drug-likeness (QED) is 0.672. The van der Waals surface area contributed by atoms with E-state index < -0.39 is 0 Å². The van der Waals surface area contributed by atoms with Crippen molar-refractivity contribution < 1.29 is 0 Å². The third-order valence-corrected chi connectivity index (χ3v) is 3.37. The molecule has 2 aromatic rings. The Morgan fingerprint density at radius 3 is 3.38 bits per heavy atom. The number of nitrogens with zero attached hydrogens (tertiary/aromatic N) is 3. The molecule has 5 heteroatoms. The van der Waals surface area contributed by atoms with E-state index in [0.29, 0.717) is 0 Å². The zero-order valence-electron chi connectivity index (χ0n) is 7.37. The second kappa shape index (κ2) is 2.52. The summed E-state index contributed by atoms with van der Waals surface area (Å²) < 4.78 is 2.00. The molecule has 3 heterocycles. The van der Waals surface area contributed by atoms with Gasteiger partial charge in [-0.2, -0.15) is 5.10 Å². The predicted octanol–water partition coefficient (Wildman–Crippen LogP) is 0.745. The fourth-order valence-electron chi connectivity index (χ4n) is 1.72. The molecule has 0 saturated carbocycles. The molecule has 0 saturated heterocycles. The molecule has 4 nitrogen and oxygen atoms in total. The van der Waals surface area contributed by atoms with Crippen LogP contribution in [0.15, 0.2) is 0 Å². The summed E-state index contributed by atoms with van der Waals surface area (Å²) in [6, 6.07) is 0. The highest BCUT2D eigenvalue weighted by atomic mass is 32.1. The minimum atomic E-state index is 0.868. The van der Waals surface area contributed by atoms with Gasteiger partial charge in [0.25, 0.3) is 0 Å². The number of rotatable bonds is 0. The van der Waals surface area contributed by atoms with E-state index in [9.17, 15) is 0 Å². The molecule has 68 valence electrons. The van der Waals surface area contributed by atoms with Crippen LogP contribution in [0.5, 0.6) is 0 Å². The lowest BCUT2D eigenvalue weighted by molar-refractivity contribution is 0.628. The summed E-state index contributed by atoms with van der Waals surface area (Å²) in [5.74, 6) is 0.868. The normalized spacial score (nSPS) is 16.4. The maximum atomic E-state index is 4.37. The highest BCUT2D eigenvalue weighted by Gasteiger charge is 2.17. The van der Waals surface area contributed by atoms with E-state index in [1.165, 1.54) is 10.6 Å². The van der Waals surface area contributed by atoms with Gasteiger partial charge < -0.3 is 5.32 Å². The molecule has 1 N–H and O–H groups in total. The highest BCUT2D eigenvalue weighted by Crippen LogP contribution is 2.24. The van der Waals surface area contributed by atoms with Crippen LogP contribution in [0.3, 0.4) is 0 Å². The van der Waals surface area contributed by atoms with Gasteiger partial charge in [0.1, 0.15) is 5.82 Å². The van der Waals surface area contributed by atoms with Crippen LogP contribution >= 0.6 is 11.3 Å². The summed E-state index contributed by atoms with van der Waals surface area (Å²) in [5.41, 5.74) is 1.35. The van der Waals surface area contributed by atoms with Crippen LogP contribution in [-0.4, -0.2) is 21.1 Å². The minimum Gasteiger partial charge on any atom is -0.311 e. The number of nitrogens with one attached hydrogen (secondary N) is 1. The van der Waals surface area contributed by atoms with Crippen molar-refractivity contribution in [2.75, 3.05) is 6.54 Å². The van der Waals surface area contributed by atoms with Crippen LogP contribution in [0.25, 0.3) is 4.96 Å². The maximum Gasteiger partial charge on any atom is 0.212 e. The number of fused-ring (bicyclic) bond motifs is 3. The Morgan fingerprint density at radius 2 is 2.46 bits per heavy atom. The zero-order chi connectivity index (χ0) is 8.84. The molecular weight excluding hydrogens is 184 g/mol. The summed E-state index contributed by atoms with van der Waals surface area (Å²) in [4.78, 5) is 6.78. The van der Waals surface area contributed by atoms with E-state index >= 15 is 0 Å². The van der Waals surface area contributed by atoms with Gasteiger partial charge in [-0.25, -0.2) is 9.50 Å². The summed E-state index contributed by atoms with van der Waals surface area (Å²) in [5, 5.41) is 7.72. The van der Waals surface area contributed by atoms with E-state index in [2.05, 4.69) is 15.4 Å². The Hall–Kier alpha value is -0.940. The fourth-order valence-corrected chi connectivity index (χ4v) is 2.83. The smallest absolute Gasteiger partial charge is 0.212 e. The van der Waals surface area contributed by atoms with E-state index in [-0.39, 0.29) is 0 Å². The summed E-state index contributed by atoms with van der Waals surface area (Å²) >= 11 is 1.75. The molecule has 3 rings (SSSR count). The Labute approximate surface area is 79.6 Å². The van der Waals surface area contributed by atoms with Gasteiger partial charge in [0.2, 0.25) is 4.96 Å². The van der Waals surface area contributed by atoms with Gasteiger partial charge >= 0.3 is 0 Å². The molecule has 0 spiro atoms. The van der Waals surface area contributed by atoms with Crippen molar-refractivity contribution in [1.29, 1.82) is 0 Å². The van der Waals surface area contributed by atoms with Crippen molar-refractivity contribution in [3.8, 4) is 0 Å². The van der Waals surface area contributed by atoms with Crippen LogP contribution in [0, 0.1) is 6.92 Å². The molecule has 0 amide bonds. The molecule has 13 heavy (non-hydrogen) atoms. The van der Waals surface area contributed by atoms with E-state index in [1.54, 1.807) is 11.3 Å². The van der Waals surface area contributed by atoms with Crippen molar-refractivity contribution in [1.82, 2.24) is 19.9 Å². The topological polar surface area (TPSA) is 42.2 Å².